The minimum atomic E-state index is 0.732. The average Bonchev–Trinajstić information content (AvgIpc) is 2.44. The second-order valence-corrected chi connectivity index (χ2v) is 8.57. The zero-order valence-corrected chi connectivity index (χ0v) is 14.4. The van der Waals surface area contributed by atoms with Crippen molar-refractivity contribution in [3.05, 3.63) is 0 Å². The van der Waals surface area contributed by atoms with E-state index in [-0.39, 0.29) is 0 Å². The summed E-state index contributed by atoms with van der Waals surface area (Å²) in [4.78, 5) is 2.75. The minimum absolute atomic E-state index is 0.732. The monoisotopic (exact) mass is 302 g/mol. The summed E-state index contributed by atoms with van der Waals surface area (Å²) in [5, 5.41) is 4.61. The Balaban J connectivity index is 1.80. The predicted octanol–water partition coefficient (Wildman–Crippen LogP) is 2.93. The number of nitrogens with zero attached hydrogens (tertiary/aromatic N) is 1. The fourth-order valence-electron chi connectivity index (χ4n) is 3.22. The molecule has 2 nitrogen and oxygen atoms in total. The zero-order chi connectivity index (χ0) is 13.7. The van der Waals surface area contributed by atoms with Crippen LogP contribution in [0.5, 0.6) is 0 Å². The molecule has 0 radical (unpaired) electrons. The van der Waals surface area contributed by atoms with Gasteiger partial charge in [0.15, 0.2) is 0 Å². The second-order valence-electron chi connectivity index (χ2n) is 6.01. The zero-order valence-electron chi connectivity index (χ0n) is 12.7. The normalized spacial score (nSPS) is 37.4. The number of rotatable bonds is 5. The lowest BCUT2D eigenvalue weighted by atomic mass is 9.87. The molecule has 0 spiro atoms. The number of nitrogens with one attached hydrogen (secondary N) is 1. The van der Waals surface area contributed by atoms with Gasteiger partial charge in [0, 0.05) is 41.1 Å². The van der Waals surface area contributed by atoms with Crippen molar-refractivity contribution in [1.82, 2.24) is 10.2 Å². The predicted molar refractivity (Wildman–Crippen MR) is 90.5 cm³/mol. The largest absolute Gasteiger partial charge is 0.314 e. The Morgan fingerprint density at radius 3 is 2.79 bits per heavy atom. The van der Waals surface area contributed by atoms with Crippen molar-refractivity contribution < 1.29 is 0 Å². The van der Waals surface area contributed by atoms with E-state index in [0.717, 1.165) is 23.3 Å². The van der Waals surface area contributed by atoms with E-state index in [9.17, 15) is 0 Å². The highest BCUT2D eigenvalue weighted by Crippen LogP contribution is 2.29. The Morgan fingerprint density at radius 1 is 1.26 bits per heavy atom. The molecule has 2 fully saturated rings. The molecule has 2 heterocycles. The van der Waals surface area contributed by atoms with Crippen LogP contribution in [0.25, 0.3) is 0 Å². The van der Waals surface area contributed by atoms with Crippen molar-refractivity contribution in [3.63, 3.8) is 0 Å². The first-order chi connectivity index (χ1) is 9.22. The van der Waals surface area contributed by atoms with Gasteiger partial charge in [0.1, 0.15) is 0 Å². The smallest absolute Gasteiger partial charge is 0.0265 e. The lowest BCUT2D eigenvalue weighted by molar-refractivity contribution is 0.0867. The Hall–Kier alpha value is 0.620. The van der Waals surface area contributed by atoms with Crippen LogP contribution in [0.2, 0.25) is 0 Å². The maximum Gasteiger partial charge on any atom is 0.0265 e. The first kappa shape index (κ1) is 16.0. The molecule has 4 unspecified atom stereocenters. The second kappa shape index (κ2) is 8.16. The van der Waals surface area contributed by atoms with E-state index in [1.54, 1.807) is 0 Å². The highest BCUT2D eigenvalue weighted by atomic mass is 32.2. The summed E-state index contributed by atoms with van der Waals surface area (Å²) >= 11 is 4.34. The Kier molecular flexibility index (Phi) is 6.87. The van der Waals surface area contributed by atoms with Gasteiger partial charge in [0.25, 0.3) is 0 Å². The summed E-state index contributed by atoms with van der Waals surface area (Å²) in [5.41, 5.74) is 0. The van der Waals surface area contributed by atoms with Crippen molar-refractivity contribution in [2.24, 2.45) is 5.92 Å². The van der Waals surface area contributed by atoms with Gasteiger partial charge in [-0.05, 0) is 38.8 Å². The van der Waals surface area contributed by atoms with E-state index >= 15 is 0 Å². The van der Waals surface area contributed by atoms with E-state index in [1.165, 1.54) is 49.7 Å². The van der Waals surface area contributed by atoms with Gasteiger partial charge < -0.3 is 5.32 Å². The molecule has 2 rings (SSSR count). The summed E-state index contributed by atoms with van der Waals surface area (Å²) < 4.78 is 0. The van der Waals surface area contributed by atoms with Crippen LogP contribution in [0, 0.1) is 5.92 Å². The van der Waals surface area contributed by atoms with Crippen molar-refractivity contribution in [3.8, 4) is 0 Å². The molecule has 1 N–H and O–H groups in total. The fraction of sp³-hybridized carbons (Fsp3) is 1.00. The van der Waals surface area contributed by atoms with E-state index in [4.69, 9.17) is 0 Å². The van der Waals surface area contributed by atoms with E-state index in [1.807, 2.05) is 0 Å². The molecule has 0 aromatic heterocycles. The molecule has 0 aliphatic carbocycles. The van der Waals surface area contributed by atoms with Crippen LogP contribution < -0.4 is 5.32 Å². The van der Waals surface area contributed by atoms with E-state index < -0.39 is 0 Å². The molecular formula is C15H30N2S2. The van der Waals surface area contributed by atoms with Crippen LogP contribution in [0.1, 0.15) is 33.6 Å². The van der Waals surface area contributed by atoms with Crippen LogP contribution in [0.4, 0.5) is 0 Å². The van der Waals surface area contributed by atoms with Gasteiger partial charge in [-0.15, -0.1) is 0 Å². The van der Waals surface area contributed by atoms with Crippen LogP contribution in [-0.2, 0) is 0 Å². The number of piperidine rings is 1. The topological polar surface area (TPSA) is 15.3 Å². The van der Waals surface area contributed by atoms with Gasteiger partial charge in [-0.2, -0.15) is 23.5 Å². The molecule has 112 valence electrons. The van der Waals surface area contributed by atoms with Crippen molar-refractivity contribution >= 4 is 23.5 Å². The van der Waals surface area contributed by atoms with Gasteiger partial charge in [0.05, 0.1) is 0 Å². The molecule has 0 amide bonds. The molecule has 0 aromatic carbocycles. The summed E-state index contributed by atoms with van der Waals surface area (Å²) in [6, 6.07) is 1.47. The molecule has 4 heteroatoms. The lowest BCUT2D eigenvalue weighted by Crippen LogP contribution is -2.55. The Morgan fingerprint density at radius 2 is 2.11 bits per heavy atom. The SMILES string of the molecule is CCCNC1CCN(CC2CSCCS2)C(C)C1C. The van der Waals surface area contributed by atoms with E-state index in [2.05, 4.69) is 54.5 Å². The van der Waals surface area contributed by atoms with Gasteiger partial charge in [-0.1, -0.05) is 13.8 Å². The van der Waals surface area contributed by atoms with Crippen LogP contribution in [0.3, 0.4) is 0 Å². The van der Waals surface area contributed by atoms with Crippen molar-refractivity contribution in [2.75, 3.05) is 36.9 Å². The number of hydrogen-bond acceptors (Lipinski definition) is 4. The summed E-state index contributed by atoms with van der Waals surface area (Å²) in [7, 11) is 0. The van der Waals surface area contributed by atoms with Gasteiger partial charge in [-0.25, -0.2) is 0 Å². The Bertz CT molecular complexity index is 257. The molecule has 0 bridgehead atoms. The molecule has 0 saturated carbocycles. The third-order valence-electron chi connectivity index (χ3n) is 4.68. The van der Waals surface area contributed by atoms with Crippen molar-refractivity contribution in [2.45, 2.75) is 50.9 Å². The summed E-state index contributed by atoms with van der Waals surface area (Å²) in [6.45, 7) is 10.9. The first-order valence-corrected chi connectivity index (χ1v) is 10.1. The van der Waals surface area contributed by atoms with Gasteiger partial charge >= 0.3 is 0 Å². The van der Waals surface area contributed by atoms with E-state index in [0.29, 0.717) is 0 Å². The molecule has 2 saturated heterocycles. The quantitative estimate of drug-likeness (QED) is 0.839. The third-order valence-corrected chi connectivity index (χ3v) is 7.51. The summed E-state index contributed by atoms with van der Waals surface area (Å²) in [6.07, 6.45) is 2.58. The highest BCUT2D eigenvalue weighted by Gasteiger charge is 2.33. The minimum Gasteiger partial charge on any atom is -0.314 e. The highest BCUT2D eigenvalue weighted by molar-refractivity contribution is 8.06. The average molecular weight is 303 g/mol. The van der Waals surface area contributed by atoms with Crippen LogP contribution >= 0.6 is 23.5 Å². The lowest BCUT2D eigenvalue weighted by Gasteiger charge is -2.44. The van der Waals surface area contributed by atoms with Crippen LogP contribution in [-0.4, -0.2) is 59.1 Å². The fourth-order valence-corrected chi connectivity index (χ4v) is 5.91. The third kappa shape index (κ3) is 4.55. The maximum absolute atomic E-state index is 3.74. The Labute approximate surface area is 127 Å². The molecule has 19 heavy (non-hydrogen) atoms. The maximum atomic E-state index is 3.74. The van der Waals surface area contributed by atoms with Gasteiger partial charge in [0.2, 0.25) is 0 Å². The molecular weight excluding hydrogens is 272 g/mol. The van der Waals surface area contributed by atoms with Gasteiger partial charge in [-0.3, -0.25) is 4.90 Å². The number of likely N-dealkylation sites (tertiary alicyclic amines) is 1. The van der Waals surface area contributed by atoms with Crippen molar-refractivity contribution in [1.29, 1.82) is 0 Å². The molecule has 2 aliphatic heterocycles. The number of hydrogen-bond donors (Lipinski definition) is 1. The first-order valence-electron chi connectivity index (χ1n) is 7.89. The molecule has 2 aliphatic rings. The standard InChI is InChI=1S/C15H30N2S2/c1-4-6-16-15-5-7-17(13(3)12(15)2)10-14-11-18-8-9-19-14/h12-16H,4-11H2,1-3H3. The molecule has 0 aromatic rings. The summed E-state index contributed by atoms with van der Waals surface area (Å²) in [5.74, 6) is 4.85. The number of thioether (sulfide) groups is 2. The van der Waals surface area contributed by atoms with Crippen LogP contribution in [0.15, 0.2) is 0 Å². The molecule has 4 atom stereocenters.